The third-order valence-electron chi connectivity index (χ3n) is 5.07. The second-order valence-corrected chi connectivity index (χ2v) is 7.58. The molecule has 158 valence electrons. The average molecular weight is 406 g/mol. The fourth-order valence-electron chi connectivity index (χ4n) is 3.26. The monoisotopic (exact) mass is 405 g/mol. The molecular formula is C24H31N5O. The van der Waals surface area contributed by atoms with E-state index in [-0.39, 0.29) is 18.5 Å². The maximum absolute atomic E-state index is 12.0. The number of likely N-dealkylation sites (N-methyl/N-ethyl adjacent to an activating group) is 1. The molecule has 2 aromatic carbocycles. The summed E-state index contributed by atoms with van der Waals surface area (Å²) in [5.74, 6) is 0.626. The zero-order valence-electron chi connectivity index (χ0n) is 18.0. The number of nitrogens with zero attached hydrogens (tertiary/aromatic N) is 3. The molecule has 0 spiro atoms. The molecule has 6 nitrogen and oxygen atoms in total. The Labute approximate surface area is 178 Å². The molecule has 1 aromatic heterocycles. The highest BCUT2D eigenvalue weighted by molar-refractivity contribution is 5.85. The van der Waals surface area contributed by atoms with Gasteiger partial charge < -0.3 is 20.1 Å². The molecule has 3 aromatic rings. The molecule has 1 heterocycles. The number of amides is 1. The summed E-state index contributed by atoms with van der Waals surface area (Å²) in [7, 11) is 3.48. The fourth-order valence-corrected chi connectivity index (χ4v) is 3.26. The number of guanidine groups is 1. The van der Waals surface area contributed by atoms with E-state index in [1.165, 1.54) is 16.5 Å². The highest BCUT2D eigenvalue weighted by atomic mass is 16.2. The molecule has 3 rings (SSSR count). The predicted molar refractivity (Wildman–Crippen MR) is 124 cm³/mol. The van der Waals surface area contributed by atoms with Gasteiger partial charge in [0.2, 0.25) is 5.91 Å². The van der Waals surface area contributed by atoms with Crippen LogP contribution < -0.4 is 10.6 Å². The highest BCUT2D eigenvalue weighted by Crippen LogP contribution is 2.15. The number of rotatable bonds is 8. The van der Waals surface area contributed by atoms with Crippen LogP contribution in [-0.4, -0.2) is 48.5 Å². The number of carbonyl (C=O) groups excluding carboxylic acids is 1. The van der Waals surface area contributed by atoms with Gasteiger partial charge in [0.05, 0.1) is 6.04 Å². The van der Waals surface area contributed by atoms with Gasteiger partial charge in [-0.3, -0.25) is 4.79 Å². The second kappa shape index (κ2) is 10.5. The molecule has 1 amide bonds. The van der Waals surface area contributed by atoms with Crippen LogP contribution in [0.25, 0.3) is 10.9 Å². The van der Waals surface area contributed by atoms with Gasteiger partial charge in [0, 0.05) is 38.9 Å². The van der Waals surface area contributed by atoms with E-state index in [0.29, 0.717) is 5.96 Å². The number of benzene rings is 2. The Morgan fingerprint density at radius 1 is 1.07 bits per heavy atom. The summed E-state index contributed by atoms with van der Waals surface area (Å²) in [5.41, 5.74) is 2.42. The maximum Gasteiger partial charge on any atom is 0.243 e. The molecule has 0 aliphatic heterocycles. The molecule has 0 saturated heterocycles. The third kappa shape index (κ3) is 5.86. The van der Waals surface area contributed by atoms with Crippen molar-refractivity contribution in [3.8, 4) is 0 Å². The van der Waals surface area contributed by atoms with Gasteiger partial charge in [0.15, 0.2) is 5.96 Å². The van der Waals surface area contributed by atoms with E-state index in [0.717, 1.165) is 19.5 Å². The van der Waals surface area contributed by atoms with E-state index in [4.69, 9.17) is 0 Å². The number of aromatic nitrogens is 1. The van der Waals surface area contributed by atoms with E-state index < -0.39 is 0 Å². The zero-order chi connectivity index (χ0) is 21.3. The molecular weight excluding hydrogens is 374 g/mol. The van der Waals surface area contributed by atoms with Crippen molar-refractivity contribution in [3.63, 3.8) is 0 Å². The van der Waals surface area contributed by atoms with Crippen molar-refractivity contribution in [1.29, 1.82) is 0 Å². The van der Waals surface area contributed by atoms with Crippen molar-refractivity contribution in [2.45, 2.75) is 25.9 Å². The minimum atomic E-state index is -0.0257. The highest BCUT2D eigenvalue weighted by Gasteiger charge is 2.09. The van der Waals surface area contributed by atoms with Crippen molar-refractivity contribution in [1.82, 2.24) is 20.1 Å². The molecule has 0 aliphatic carbocycles. The van der Waals surface area contributed by atoms with E-state index in [1.807, 2.05) is 18.2 Å². The summed E-state index contributed by atoms with van der Waals surface area (Å²) in [4.78, 5) is 18.0. The first-order chi connectivity index (χ1) is 14.5. The normalized spacial score (nSPS) is 12.6. The smallest absolute Gasteiger partial charge is 0.243 e. The predicted octanol–water partition coefficient (Wildman–Crippen LogP) is 3.42. The summed E-state index contributed by atoms with van der Waals surface area (Å²) in [5, 5.41) is 8.05. The quantitative estimate of drug-likeness (QED) is 0.343. The number of nitrogens with one attached hydrogen (secondary N) is 2. The Morgan fingerprint density at radius 3 is 2.57 bits per heavy atom. The van der Waals surface area contributed by atoms with Crippen LogP contribution in [0.2, 0.25) is 0 Å². The van der Waals surface area contributed by atoms with Gasteiger partial charge >= 0.3 is 0 Å². The lowest BCUT2D eigenvalue weighted by Crippen LogP contribution is -2.40. The van der Waals surface area contributed by atoms with Crippen LogP contribution in [0.4, 0.5) is 0 Å². The van der Waals surface area contributed by atoms with Gasteiger partial charge in [-0.2, -0.15) is 0 Å². The molecule has 0 saturated carbocycles. The summed E-state index contributed by atoms with van der Waals surface area (Å²) in [6.07, 6.45) is 3.08. The van der Waals surface area contributed by atoms with Crippen molar-refractivity contribution >= 4 is 22.8 Å². The number of aliphatic imine (C=N–C) groups is 1. The average Bonchev–Trinajstić information content (AvgIpc) is 3.18. The van der Waals surface area contributed by atoms with Gasteiger partial charge in [0.25, 0.3) is 0 Å². The number of aryl methyl sites for hydroxylation is 1. The van der Waals surface area contributed by atoms with Crippen LogP contribution in [0.15, 0.2) is 71.9 Å². The summed E-state index contributed by atoms with van der Waals surface area (Å²) >= 11 is 0. The Hall–Kier alpha value is -3.28. The molecule has 0 radical (unpaired) electrons. The van der Waals surface area contributed by atoms with Crippen molar-refractivity contribution < 1.29 is 4.79 Å². The lowest BCUT2D eigenvalue weighted by Gasteiger charge is -2.19. The van der Waals surface area contributed by atoms with Gasteiger partial charge in [-0.1, -0.05) is 48.5 Å². The number of para-hydroxylation sites is 1. The summed E-state index contributed by atoms with van der Waals surface area (Å²) < 4.78 is 2.27. The van der Waals surface area contributed by atoms with Crippen molar-refractivity contribution in [2.75, 3.05) is 27.2 Å². The lowest BCUT2D eigenvalue weighted by atomic mass is 10.1. The summed E-state index contributed by atoms with van der Waals surface area (Å²) in [6, 6.07) is 20.8. The van der Waals surface area contributed by atoms with E-state index in [1.54, 1.807) is 19.0 Å². The van der Waals surface area contributed by atoms with Crippen LogP contribution in [-0.2, 0) is 11.3 Å². The SMILES string of the molecule is CC(NC(=NCC(=O)N(C)C)NCCCn1ccc2ccccc21)c1ccccc1. The molecule has 2 N–H and O–H groups in total. The van der Waals surface area contributed by atoms with E-state index >= 15 is 0 Å². The lowest BCUT2D eigenvalue weighted by molar-refractivity contribution is -0.127. The first-order valence-electron chi connectivity index (χ1n) is 10.4. The van der Waals surface area contributed by atoms with Crippen LogP contribution in [0, 0.1) is 0 Å². The van der Waals surface area contributed by atoms with Crippen molar-refractivity contribution in [3.05, 3.63) is 72.4 Å². The summed E-state index contributed by atoms with van der Waals surface area (Å²) in [6.45, 7) is 3.88. The number of fused-ring (bicyclic) bond motifs is 1. The van der Waals surface area contributed by atoms with E-state index in [9.17, 15) is 4.79 Å². The Morgan fingerprint density at radius 2 is 1.80 bits per heavy atom. The minimum absolute atomic E-state index is 0.0257. The number of hydrogen-bond donors (Lipinski definition) is 2. The largest absolute Gasteiger partial charge is 0.356 e. The zero-order valence-corrected chi connectivity index (χ0v) is 18.0. The van der Waals surface area contributed by atoms with Crippen LogP contribution >= 0.6 is 0 Å². The maximum atomic E-state index is 12.0. The second-order valence-electron chi connectivity index (χ2n) is 7.58. The molecule has 0 bridgehead atoms. The molecule has 1 unspecified atom stereocenters. The van der Waals surface area contributed by atoms with Crippen molar-refractivity contribution in [2.24, 2.45) is 4.99 Å². The van der Waals surface area contributed by atoms with Gasteiger partial charge in [-0.05, 0) is 36.4 Å². The van der Waals surface area contributed by atoms with Crippen LogP contribution in [0.3, 0.4) is 0 Å². The Balaban J connectivity index is 1.58. The first-order valence-corrected chi connectivity index (χ1v) is 10.4. The van der Waals surface area contributed by atoms with Crippen LogP contribution in [0.5, 0.6) is 0 Å². The molecule has 6 heteroatoms. The third-order valence-corrected chi connectivity index (χ3v) is 5.07. The molecule has 0 aliphatic rings. The fraction of sp³-hybridized carbons (Fsp3) is 0.333. The standard InChI is InChI=1S/C24H31N5O/c1-19(20-10-5-4-6-11-20)27-24(26-18-23(30)28(2)3)25-15-9-16-29-17-14-21-12-7-8-13-22(21)29/h4-8,10-14,17,19H,9,15-16,18H2,1-3H3,(H2,25,26,27). The number of hydrogen-bond acceptors (Lipinski definition) is 2. The topological polar surface area (TPSA) is 61.7 Å². The van der Waals surface area contributed by atoms with Gasteiger partial charge in [0.1, 0.15) is 6.54 Å². The van der Waals surface area contributed by atoms with Gasteiger partial charge in [-0.15, -0.1) is 0 Å². The molecule has 30 heavy (non-hydrogen) atoms. The Kier molecular flexibility index (Phi) is 7.49. The Bertz CT molecular complexity index is 977. The van der Waals surface area contributed by atoms with Gasteiger partial charge in [-0.25, -0.2) is 4.99 Å². The van der Waals surface area contributed by atoms with Crippen LogP contribution in [0.1, 0.15) is 24.9 Å². The number of carbonyl (C=O) groups is 1. The first kappa shape index (κ1) is 21.4. The van der Waals surface area contributed by atoms with E-state index in [2.05, 4.69) is 75.8 Å². The minimum Gasteiger partial charge on any atom is -0.356 e. The molecule has 1 atom stereocenters. The molecule has 0 fully saturated rings.